The molecule has 1 unspecified atom stereocenters. The monoisotopic (exact) mass is 413 g/mol. The average Bonchev–Trinajstić information content (AvgIpc) is 3.43. The molecule has 2 aromatic rings. The van der Waals surface area contributed by atoms with Crippen LogP contribution in [-0.4, -0.2) is 36.1 Å². The first-order valence-electron chi connectivity index (χ1n) is 9.43. The van der Waals surface area contributed by atoms with Gasteiger partial charge in [0.25, 0.3) is 5.91 Å². The van der Waals surface area contributed by atoms with Crippen LogP contribution in [0.3, 0.4) is 0 Å². The molecule has 1 fully saturated rings. The minimum Gasteiger partial charge on any atom is -0.454 e. The zero-order valence-corrected chi connectivity index (χ0v) is 16.3. The maximum Gasteiger partial charge on any atom is 0.325 e. The van der Waals surface area contributed by atoms with Gasteiger partial charge in [0.2, 0.25) is 12.7 Å². The maximum atomic E-state index is 13.1. The Morgan fingerprint density at radius 1 is 1.24 bits per heavy atom. The van der Waals surface area contributed by atoms with E-state index in [2.05, 4.69) is 10.6 Å². The highest BCUT2D eigenvalue weighted by Crippen LogP contribution is 2.42. The molecule has 0 bridgehead atoms. The van der Waals surface area contributed by atoms with Gasteiger partial charge in [-0.3, -0.25) is 14.5 Å². The summed E-state index contributed by atoms with van der Waals surface area (Å²) in [6.45, 7) is 0.139. The SMILES string of the molecule is O=C(CN1C(=O)NC2(CCCc3sccc32)C1=O)NCc1ccc2c(c1)OCO2. The number of amides is 4. The standard InChI is InChI=1S/C20H19N3O5S/c24-17(21-9-12-3-4-14-15(8-12)28-11-27-14)10-23-18(25)20(22-19(23)26)6-1-2-16-13(20)5-7-29-16/h3-5,7-8H,1-2,6,9-11H2,(H,21,24)(H,22,26). The third kappa shape index (κ3) is 2.93. The van der Waals surface area contributed by atoms with Crippen LogP contribution in [0.4, 0.5) is 4.79 Å². The van der Waals surface area contributed by atoms with E-state index in [1.54, 1.807) is 23.5 Å². The fourth-order valence-electron chi connectivity index (χ4n) is 4.14. The van der Waals surface area contributed by atoms with Crippen LogP contribution in [0.15, 0.2) is 29.6 Å². The fourth-order valence-corrected chi connectivity index (χ4v) is 5.14. The zero-order chi connectivity index (χ0) is 20.0. The predicted octanol–water partition coefficient (Wildman–Crippen LogP) is 1.88. The summed E-state index contributed by atoms with van der Waals surface area (Å²) < 4.78 is 10.6. The number of hydrogen-bond donors (Lipinski definition) is 2. The van der Waals surface area contributed by atoms with E-state index in [0.29, 0.717) is 17.9 Å². The number of nitrogens with one attached hydrogen (secondary N) is 2. The zero-order valence-electron chi connectivity index (χ0n) is 15.5. The van der Waals surface area contributed by atoms with Gasteiger partial charge in [0, 0.05) is 17.0 Å². The van der Waals surface area contributed by atoms with Crippen molar-refractivity contribution in [2.75, 3.05) is 13.3 Å². The quantitative estimate of drug-likeness (QED) is 0.746. The van der Waals surface area contributed by atoms with Gasteiger partial charge in [0.05, 0.1) is 0 Å². The van der Waals surface area contributed by atoms with E-state index in [4.69, 9.17) is 9.47 Å². The summed E-state index contributed by atoms with van der Waals surface area (Å²) in [4.78, 5) is 40.2. The first kappa shape index (κ1) is 18.0. The molecule has 3 heterocycles. The van der Waals surface area contributed by atoms with Crippen LogP contribution in [0.1, 0.15) is 28.8 Å². The molecule has 1 aliphatic carbocycles. The third-order valence-corrected chi connectivity index (χ3v) is 6.55. The van der Waals surface area contributed by atoms with E-state index in [1.165, 1.54) is 0 Å². The molecular weight excluding hydrogens is 394 g/mol. The van der Waals surface area contributed by atoms with Crippen molar-refractivity contribution < 1.29 is 23.9 Å². The molecule has 2 N–H and O–H groups in total. The Kier molecular flexibility index (Phi) is 4.20. The Balaban J connectivity index is 1.26. The van der Waals surface area contributed by atoms with Crippen molar-refractivity contribution >= 4 is 29.2 Å². The van der Waals surface area contributed by atoms with Gasteiger partial charge in [-0.05, 0) is 48.4 Å². The molecule has 1 saturated heterocycles. The second kappa shape index (κ2) is 6.77. The molecule has 1 atom stereocenters. The second-order valence-electron chi connectivity index (χ2n) is 7.30. The number of hydrogen-bond acceptors (Lipinski definition) is 6. The number of nitrogens with zero attached hydrogens (tertiary/aromatic N) is 1. The van der Waals surface area contributed by atoms with Crippen LogP contribution in [0, 0.1) is 0 Å². The molecule has 4 amide bonds. The van der Waals surface area contributed by atoms with Crippen LogP contribution in [-0.2, 0) is 28.1 Å². The third-order valence-electron chi connectivity index (χ3n) is 5.56. The number of carbonyl (C=O) groups is 3. The molecule has 150 valence electrons. The summed E-state index contributed by atoms with van der Waals surface area (Å²) in [5, 5.41) is 7.55. The number of imide groups is 1. The van der Waals surface area contributed by atoms with Crippen molar-refractivity contribution in [2.45, 2.75) is 31.3 Å². The second-order valence-corrected chi connectivity index (χ2v) is 8.30. The molecule has 2 aliphatic heterocycles. The van der Waals surface area contributed by atoms with Crippen molar-refractivity contribution in [3.05, 3.63) is 45.6 Å². The number of fused-ring (bicyclic) bond motifs is 3. The van der Waals surface area contributed by atoms with E-state index in [0.717, 1.165) is 33.7 Å². The smallest absolute Gasteiger partial charge is 0.325 e. The van der Waals surface area contributed by atoms with Crippen molar-refractivity contribution in [2.24, 2.45) is 0 Å². The summed E-state index contributed by atoms with van der Waals surface area (Å²) >= 11 is 1.60. The molecule has 0 radical (unpaired) electrons. The minimum absolute atomic E-state index is 0.185. The van der Waals surface area contributed by atoms with Crippen LogP contribution < -0.4 is 20.1 Å². The average molecular weight is 413 g/mol. The number of carbonyl (C=O) groups excluding carboxylic acids is 3. The maximum absolute atomic E-state index is 13.1. The van der Waals surface area contributed by atoms with Gasteiger partial charge in [0.1, 0.15) is 12.1 Å². The van der Waals surface area contributed by atoms with Gasteiger partial charge in [-0.25, -0.2) is 4.79 Å². The number of aryl methyl sites for hydroxylation is 1. The molecule has 29 heavy (non-hydrogen) atoms. The van der Waals surface area contributed by atoms with Crippen LogP contribution >= 0.6 is 11.3 Å². The van der Waals surface area contributed by atoms with Crippen LogP contribution in [0.2, 0.25) is 0 Å². The van der Waals surface area contributed by atoms with E-state index in [1.807, 2.05) is 17.5 Å². The van der Waals surface area contributed by atoms with Gasteiger partial charge < -0.3 is 20.1 Å². The first-order valence-corrected chi connectivity index (χ1v) is 10.3. The summed E-state index contributed by atoms with van der Waals surface area (Å²) in [5.74, 6) is 0.561. The van der Waals surface area contributed by atoms with E-state index in [-0.39, 0.29) is 25.8 Å². The first-order chi connectivity index (χ1) is 14.1. The highest BCUT2D eigenvalue weighted by atomic mass is 32.1. The molecule has 9 heteroatoms. The van der Waals surface area contributed by atoms with Gasteiger partial charge in [-0.2, -0.15) is 0 Å². The van der Waals surface area contributed by atoms with Crippen LogP contribution in [0.25, 0.3) is 0 Å². The normalized spacial score (nSPS) is 22.0. The fraction of sp³-hybridized carbons (Fsp3) is 0.350. The van der Waals surface area contributed by atoms with Crippen molar-refractivity contribution in [3.63, 3.8) is 0 Å². The van der Waals surface area contributed by atoms with Crippen molar-refractivity contribution in [3.8, 4) is 11.5 Å². The Bertz CT molecular complexity index is 1020. The highest BCUT2D eigenvalue weighted by molar-refractivity contribution is 7.10. The summed E-state index contributed by atoms with van der Waals surface area (Å²) in [7, 11) is 0. The topological polar surface area (TPSA) is 97.0 Å². The number of benzene rings is 1. The summed E-state index contributed by atoms with van der Waals surface area (Å²) in [5.41, 5.74) is 0.685. The molecule has 1 spiro atoms. The summed E-state index contributed by atoms with van der Waals surface area (Å²) in [6.07, 6.45) is 2.29. The van der Waals surface area contributed by atoms with Gasteiger partial charge in [0.15, 0.2) is 11.5 Å². The molecule has 1 aromatic carbocycles. The molecule has 3 aliphatic rings. The molecule has 1 aromatic heterocycles. The Morgan fingerprint density at radius 3 is 3.00 bits per heavy atom. The molecule has 5 rings (SSSR count). The lowest BCUT2D eigenvalue weighted by Crippen LogP contribution is -2.46. The van der Waals surface area contributed by atoms with Crippen LogP contribution in [0.5, 0.6) is 11.5 Å². The summed E-state index contributed by atoms with van der Waals surface area (Å²) in [6, 6.07) is 6.79. The predicted molar refractivity (Wildman–Crippen MR) is 104 cm³/mol. The Hall–Kier alpha value is -3.07. The lowest BCUT2D eigenvalue weighted by molar-refractivity contribution is -0.135. The van der Waals surface area contributed by atoms with E-state index < -0.39 is 17.5 Å². The highest BCUT2D eigenvalue weighted by Gasteiger charge is 2.54. The Labute approximate surface area is 170 Å². The van der Waals surface area contributed by atoms with Gasteiger partial charge >= 0.3 is 6.03 Å². The van der Waals surface area contributed by atoms with Gasteiger partial charge in [-0.1, -0.05) is 6.07 Å². The van der Waals surface area contributed by atoms with E-state index in [9.17, 15) is 14.4 Å². The molecular formula is C20H19N3O5S. The number of thiophene rings is 1. The van der Waals surface area contributed by atoms with Gasteiger partial charge in [-0.15, -0.1) is 11.3 Å². The Morgan fingerprint density at radius 2 is 2.10 bits per heavy atom. The molecule has 0 saturated carbocycles. The number of urea groups is 1. The number of ether oxygens (including phenoxy) is 2. The lowest BCUT2D eigenvalue weighted by Gasteiger charge is -2.31. The van der Waals surface area contributed by atoms with E-state index >= 15 is 0 Å². The van der Waals surface area contributed by atoms with Crippen molar-refractivity contribution in [1.82, 2.24) is 15.5 Å². The largest absolute Gasteiger partial charge is 0.454 e. The minimum atomic E-state index is -1.03. The van der Waals surface area contributed by atoms with Crippen molar-refractivity contribution in [1.29, 1.82) is 0 Å². The number of rotatable bonds is 4. The lowest BCUT2D eigenvalue weighted by atomic mass is 9.80. The molecule has 8 nitrogen and oxygen atoms in total.